The summed E-state index contributed by atoms with van der Waals surface area (Å²) < 4.78 is 8.45. The lowest BCUT2D eigenvalue weighted by Gasteiger charge is -2.14. The molecule has 4 nitrogen and oxygen atoms in total. The highest BCUT2D eigenvalue weighted by atomic mass is 32.1. The summed E-state index contributed by atoms with van der Waals surface area (Å²) in [4.78, 5) is 15.7. The van der Waals surface area contributed by atoms with Crippen LogP contribution in [0.15, 0.2) is 176 Å². The van der Waals surface area contributed by atoms with Gasteiger partial charge in [0.2, 0.25) is 0 Å². The molecule has 11 rings (SSSR count). The molecule has 0 radical (unpaired) electrons. The summed E-state index contributed by atoms with van der Waals surface area (Å²) in [6.45, 7) is 0.718. The standard InChI is InChI=1S/C51H33N3OS/c1-3-11-32(12-4-1)40-16-9-18-42-41(40)17-10-19-45(42)51-53-49(33-13-5-2-6-14-33)52-50(54-51)39-29-37(34-22-24-46-36(27-34)25-26-55-46)28-38(30-39)35-21-23-44-43-15-7-8-20-47(43)56-48(44)31-35/h1-24,27-31H,25-26H2. The number of rotatable bonds is 6. The zero-order valence-corrected chi connectivity index (χ0v) is 31.1. The van der Waals surface area contributed by atoms with Crippen molar-refractivity contribution in [2.75, 3.05) is 6.61 Å². The molecule has 0 saturated carbocycles. The number of ether oxygens (including phenoxy) is 1. The highest BCUT2D eigenvalue weighted by Gasteiger charge is 2.19. The van der Waals surface area contributed by atoms with E-state index < -0.39 is 0 Å². The number of aromatic nitrogens is 3. The van der Waals surface area contributed by atoms with Crippen LogP contribution < -0.4 is 4.74 Å². The SMILES string of the molecule is c1ccc(-c2nc(-c3cc(-c4ccc5c(c4)CCO5)cc(-c4ccc5c(c4)sc4ccccc45)c3)nc(-c3cccc4c(-c5ccccc5)cccc34)n2)cc1. The van der Waals surface area contributed by atoms with Gasteiger partial charge in [0.25, 0.3) is 0 Å². The Kier molecular flexibility index (Phi) is 7.78. The van der Waals surface area contributed by atoms with Gasteiger partial charge in [-0.05, 0) is 92.2 Å². The van der Waals surface area contributed by atoms with Crippen LogP contribution in [-0.2, 0) is 6.42 Å². The van der Waals surface area contributed by atoms with Gasteiger partial charge in [-0.2, -0.15) is 0 Å². The molecule has 0 N–H and O–H groups in total. The first-order valence-corrected chi connectivity index (χ1v) is 19.8. The highest BCUT2D eigenvalue weighted by Crippen LogP contribution is 2.40. The number of nitrogens with zero attached hydrogens (tertiary/aromatic N) is 3. The van der Waals surface area contributed by atoms with Crippen molar-refractivity contribution in [1.29, 1.82) is 0 Å². The van der Waals surface area contributed by atoms with Gasteiger partial charge in [-0.25, -0.2) is 15.0 Å². The molecule has 0 atom stereocenters. The fourth-order valence-corrected chi connectivity index (χ4v) is 9.22. The van der Waals surface area contributed by atoms with Crippen molar-refractivity contribution in [2.45, 2.75) is 6.42 Å². The molecule has 10 aromatic rings. The summed E-state index contributed by atoms with van der Waals surface area (Å²) in [6, 6.07) is 62.4. The van der Waals surface area contributed by atoms with Crippen molar-refractivity contribution >= 4 is 42.3 Å². The van der Waals surface area contributed by atoms with Crippen LogP contribution in [0.4, 0.5) is 0 Å². The zero-order chi connectivity index (χ0) is 37.0. The predicted molar refractivity (Wildman–Crippen MR) is 232 cm³/mol. The number of hydrogen-bond acceptors (Lipinski definition) is 5. The normalized spacial score (nSPS) is 12.3. The van der Waals surface area contributed by atoms with Crippen LogP contribution in [0, 0.1) is 0 Å². The van der Waals surface area contributed by atoms with Gasteiger partial charge in [0.1, 0.15) is 5.75 Å². The van der Waals surface area contributed by atoms with Crippen LogP contribution in [0.3, 0.4) is 0 Å². The van der Waals surface area contributed by atoms with E-state index in [2.05, 4.69) is 158 Å². The fourth-order valence-electron chi connectivity index (χ4n) is 8.08. The van der Waals surface area contributed by atoms with E-state index >= 15 is 0 Å². The summed E-state index contributed by atoms with van der Waals surface area (Å²) in [6.07, 6.45) is 0.909. The molecule has 8 aromatic carbocycles. The minimum Gasteiger partial charge on any atom is -0.493 e. The Bertz CT molecular complexity index is 3120. The molecule has 0 bridgehead atoms. The van der Waals surface area contributed by atoms with Crippen molar-refractivity contribution in [1.82, 2.24) is 15.0 Å². The second-order valence-corrected chi connectivity index (χ2v) is 15.4. The Morgan fingerprint density at radius 1 is 0.375 bits per heavy atom. The van der Waals surface area contributed by atoms with Crippen molar-refractivity contribution in [3.63, 3.8) is 0 Å². The lowest BCUT2D eigenvalue weighted by molar-refractivity contribution is 0.357. The molecule has 0 saturated heterocycles. The summed E-state index contributed by atoms with van der Waals surface area (Å²) in [5.74, 6) is 2.87. The van der Waals surface area contributed by atoms with Crippen molar-refractivity contribution in [2.24, 2.45) is 0 Å². The molecule has 0 unspecified atom stereocenters. The third-order valence-corrected chi connectivity index (χ3v) is 12.0. The molecule has 1 aliphatic rings. The van der Waals surface area contributed by atoms with Gasteiger partial charge < -0.3 is 4.74 Å². The largest absolute Gasteiger partial charge is 0.493 e. The number of hydrogen-bond donors (Lipinski definition) is 0. The van der Waals surface area contributed by atoms with Gasteiger partial charge in [-0.15, -0.1) is 11.3 Å². The maximum atomic E-state index is 5.89. The summed E-state index contributed by atoms with van der Waals surface area (Å²) in [5, 5.41) is 4.83. The average molecular weight is 736 g/mol. The van der Waals surface area contributed by atoms with Crippen molar-refractivity contribution in [3.8, 4) is 73.3 Å². The molecule has 56 heavy (non-hydrogen) atoms. The lowest BCUT2D eigenvalue weighted by Crippen LogP contribution is -2.01. The summed E-state index contributed by atoms with van der Waals surface area (Å²) in [7, 11) is 0. The number of benzene rings is 8. The first-order valence-electron chi connectivity index (χ1n) is 18.9. The number of thiophene rings is 1. The molecule has 0 amide bonds. The van der Waals surface area contributed by atoms with Gasteiger partial charge in [-0.3, -0.25) is 0 Å². The first kappa shape index (κ1) is 32.5. The zero-order valence-electron chi connectivity index (χ0n) is 30.3. The molecule has 1 aliphatic heterocycles. The second kappa shape index (κ2) is 13.4. The Hall–Kier alpha value is -6.95. The third-order valence-electron chi connectivity index (χ3n) is 10.8. The van der Waals surface area contributed by atoms with Gasteiger partial charge >= 0.3 is 0 Å². The molecule has 3 heterocycles. The van der Waals surface area contributed by atoms with Gasteiger partial charge in [0, 0.05) is 43.3 Å². The molecular weight excluding hydrogens is 703 g/mol. The van der Waals surface area contributed by atoms with Crippen LogP contribution in [0.25, 0.3) is 98.5 Å². The maximum Gasteiger partial charge on any atom is 0.164 e. The Labute approximate surface area is 328 Å². The van der Waals surface area contributed by atoms with Gasteiger partial charge in [0.05, 0.1) is 6.61 Å². The maximum absolute atomic E-state index is 5.89. The Morgan fingerprint density at radius 3 is 1.77 bits per heavy atom. The van der Waals surface area contributed by atoms with Crippen molar-refractivity contribution < 1.29 is 4.74 Å². The van der Waals surface area contributed by atoms with E-state index in [0.29, 0.717) is 17.5 Å². The van der Waals surface area contributed by atoms with Crippen LogP contribution in [0.2, 0.25) is 0 Å². The van der Waals surface area contributed by atoms with E-state index in [4.69, 9.17) is 19.7 Å². The Morgan fingerprint density at radius 2 is 0.964 bits per heavy atom. The van der Waals surface area contributed by atoms with E-state index in [1.807, 2.05) is 29.5 Å². The Balaban J connectivity index is 1.13. The monoisotopic (exact) mass is 735 g/mol. The van der Waals surface area contributed by atoms with E-state index in [1.165, 1.54) is 36.9 Å². The van der Waals surface area contributed by atoms with E-state index in [-0.39, 0.29) is 0 Å². The quantitative estimate of drug-likeness (QED) is 0.171. The average Bonchev–Trinajstić information content (AvgIpc) is 3.90. The molecule has 5 heteroatoms. The van der Waals surface area contributed by atoms with Gasteiger partial charge in [0.15, 0.2) is 17.5 Å². The molecule has 0 fully saturated rings. The van der Waals surface area contributed by atoms with Gasteiger partial charge in [-0.1, -0.05) is 133 Å². The molecule has 0 spiro atoms. The summed E-state index contributed by atoms with van der Waals surface area (Å²) in [5.41, 5.74) is 10.9. The molecule has 2 aromatic heterocycles. The molecule has 264 valence electrons. The highest BCUT2D eigenvalue weighted by molar-refractivity contribution is 7.25. The second-order valence-electron chi connectivity index (χ2n) is 14.3. The predicted octanol–water partition coefficient (Wildman–Crippen LogP) is 13.3. The van der Waals surface area contributed by atoms with E-state index in [1.54, 1.807) is 0 Å². The van der Waals surface area contributed by atoms with Crippen LogP contribution in [0.1, 0.15) is 5.56 Å². The van der Waals surface area contributed by atoms with Crippen LogP contribution in [-0.4, -0.2) is 21.6 Å². The lowest BCUT2D eigenvalue weighted by atomic mass is 9.94. The van der Waals surface area contributed by atoms with Crippen LogP contribution >= 0.6 is 11.3 Å². The minimum absolute atomic E-state index is 0.626. The topological polar surface area (TPSA) is 47.9 Å². The van der Waals surface area contributed by atoms with E-state index in [0.717, 1.165) is 68.5 Å². The third kappa shape index (κ3) is 5.72. The minimum atomic E-state index is 0.626. The fraction of sp³-hybridized carbons (Fsp3) is 0.0392. The first-order chi connectivity index (χ1) is 27.7. The van der Waals surface area contributed by atoms with Crippen molar-refractivity contribution in [3.05, 3.63) is 181 Å². The molecular formula is C51H33N3OS. The van der Waals surface area contributed by atoms with E-state index in [9.17, 15) is 0 Å². The molecule has 0 aliphatic carbocycles. The van der Waals surface area contributed by atoms with Crippen LogP contribution in [0.5, 0.6) is 5.75 Å². The smallest absolute Gasteiger partial charge is 0.164 e. The summed E-state index contributed by atoms with van der Waals surface area (Å²) >= 11 is 1.84. The number of fused-ring (bicyclic) bond motifs is 5.